The molecule has 0 aliphatic carbocycles. The monoisotopic (exact) mass is 356 g/mol. The van der Waals surface area contributed by atoms with E-state index in [-0.39, 0.29) is 5.91 Å². The fourth-order valence-electron chi connectivity index (χ4n) is 3.75. The Hall–Kier alpha value is -1.79. The summed E-state index contributed by atoms with van der Waals surface area (Å²) in [6.07, 6.45) is 4.93. The topological polar surface area (TPSA) is 49.3 Å². The van der Waals surface area contributed by atoms with Gasteiger partial charge in [-0.15, -0.1) is 11.3 Å². The molecule has 2 aromatic heterocycles. The smallest absolute Gasteiger partial charge is 0.254 e. The highest BCUT2D eigenvalue weighted by Gasteiger charge is 2.27. The van der Waals surface area contributed by atoms with Gasteiger partial charge >= 0.3 is 0 Å². The molecule has 0 N–H and O–H groups in total. The van der Waals surface area contributed by atoms with Gasteiger partial charge in [0.05, 0.1) is 5.56 Å². The van der Waals surface area contributed by atoms with Crippen molar-refractivity contribution in [1.29, 1.82) is 0 Å². The molecule has 0 aromatic carbocycles. The van der Waals surface area contributed by atoms with Gasteiger partial charge in [0.2, 0.25) is 0 Å². The number of amides is 1. The van der Waals surface area contributed by atoms with Crippen molar-refractivity contribution in [3.8, 4) is 0 Å². The van der Waals surface area contributed by atoms with E-state index >= 15 is 0 Å². The molecule has 5 nitrogen and oxygen atoms in total. The Balaban J connectivity index is 1.41. The van der Waals surface area contributed by atoms with E-state index in [1.807, 2.05) is 29.5 Å². The Kier molecular flexibility index (Phi) is 4.56. The molecule has 0 radical (unpaired) electrons. The van der Waals surface area contributed by atoms with Crippen molar-refractivity contribution in [2.45, 2.75) is 38.6 Å². The van der Waals surface area contributed by atoms with Gasteiger partial charge < -0.3 is 9.80 Å². The van der Waals surface area contributed by atoms with Crippen molar-refractivity contribution in [3.63, 3.8) is 0 Å². The van der Waals surface area contributed by atoms with Crippen LogP contribution in [-0.2, 0) is 13.0 Å². The summed E-state index contributed by atoms with van der Waals surface area (Å²) in [4.78, 5) is 27.6. The van der Waals surface area contributed by atoms with Crippen LogP contribution in [0.4, 0.5) is 0 Å². The van der Waals surface area contributed by atoms with E-state index in [1.165, 1.54) is 16.1 Å². The van der Waals surface area contributed by atoms with Gasteiger partial charge in [0.15, 0.2) is 0 Å². The van der Waals surface area contributed by atoms with Gasteiger partial charge in [-0.3, -0.25) is 4.79 Å². The highest BCUT2D eigenvalue weighted by molar-refractivity contribution is 7.10. The lowest BCUT2D eigenvalue weighted by atomic mass is 9.95. The van der Waals surface area contributed by atoms with Crippen LogP contribution in [0.15, 0.2) is 17.6 Å². The van der Waals surface area contributed by atoms with E-state index in [1.54, 1.807) is 11.3 Å². The first-order valence-electron chi connectivity index (χ1n) is 8.98. The normalized spacial score (nSPS) is 19.0. The molecule has 4 rings (SSSR count). The van der Waals surface area contributed by atoms with Gasteiger partial charge in [-0.25, -0.2) is 9.97 Å². The van der Waals surface area contributed by atoms with Crippen molar-refractivity contribution in [2.24, 2.45) is 0 Å². The Labute approximate surface area is 152 Å². The van der Waals surface area contributed by atoms with Crippen LogP contribution in [0.3, 0.4) is 0 Å². The average Bonchev–Trinajstić information content (AvgIpc) is 3.07. The summed E-state index contributed by atoms with van der Waals surface area (Å²) < 4.78 is 0. The number of likely N-dealkylation sites (N-methyl/N-ethyl adjacent to an activating group) is 1. The Morgan fingerprint density at radius 1 is 1.28 bits per heavy atom. The standard InChI is InChI=1S/C19H24N4OS/c1-13-9-15(12-25-13)19(24)23-7-3-14(4-8-23)18-20-10-16-11-22(2)6-5-17(16)21-18/h9-10,12,14H,3-8,11H2,1-2H3. The van der Waals surface area contributed by atoms with Crippen LogP contribution >= 0.6 is 11.3 Å². The van der Waals surface area contributed by atoms with Gasteiger partial charge in [-0.2, -0.15) is 0 Å². The fourth-order valence-corrected chi connectivity index (χ4v) is 4.43. The summed E-state index contributed by atoms with van der Waals surface area (Å²) in [7, 11) is 2.14. The number of thiophene rings is 1. The molecule has 1 saturated heterocycles. The lowest BCUT2D eigenvalue weighted by molar-refractivity contribution is 0.0711. The predicted molar refractivity (Wildman–Crippen MR) is 99.0 cm³/mol. The van der Waals surface area contributed by atoms with Crippen LogP contribution in [0.1, 0.15) is 51.1 Å². The second-order valence-electron chi connectivity index (χ2n) is 7.20. The third-order valence-corrected chi connectivity index (χ3v) is 6.13. The average molecular weight is 356 g/mol. The lowest BCUT2D eigenvalue weighted by Gasteiger charge is -2.32. The molecule has 2 aliphatic rings. The van der Waals surface area contributed by atoms with Crippen molar-refractivity contribution < 1.29 is 4.79 Å². The molecule has 0 spiro atoms. The van der Waals surface area contributed by atoms with E-state index < -0.39 is 0 Å². The van der Waals surface area contributed by atoms with Crippen LogP contribution in [0, 0.1) is 6.92 Å². The molecule has 1 fully saturated rings. The van der Waals surface area contributed by atoms with E-state index in [0.717, 1.165) is 56.8 Å². The number of nitrogens with zero attached hydrogens (tertiary/aromatic N) is 4. The van der Waals surface area contributed by atoms with Gasteiger partial charge in [0.25, 0.3) is 5.91 Å². The molecule has 1 amide bonds. The zero-order valence-electron chi connectivity index (χ0n) is 14.9. The number of aryl methyl sites for hydroxylation is 1. The predicted octanol–water partition coefficient (Wildman–Crippen LogP) is 2.85. The number of aromatic nitrogens is 2. The summed E-state index contributed by atoms with van der Waals surface area (Å²) in [5, 5.41) is 1.97. The molecule has 0 unspecified atom stereocenters. The number of carbonyl (C=O) groups excluding carboxylic acids is 1. The molecular formula is C19H24N4OS. The molecule has 0 saturated carbocycles. The molecule has 132 valence electrons. The Bertz CT molecular complexity index is 779. The van der Waals surface area contributed by atoms with E-state index in [0.29, 0.717) is 5.92 Å². The first-order chi connectivity index (χ1) is 12.1. The summed E-state index contributed by atoms with van der Waals surface area (Å²) in [6.45, 7) is 5.64. The van der Waals surface area contributed by atoms with Gasteiger partial charge in [-0.05, 0) is 32.9 Å². The summed E-state index contributed by atoms with van der Waals surface area (Å²) >= 11 is 1.64. The third-order valence-electron chi connectivity index (χ3n) is 5.27. The quantitative estimate of drug-likeness (QED) is 0.830. The lowest BCUT2D eigenvalue weighted by Crippen LogP contribution is -2.38. The SMILES string of the molecule is Cc1cc(C(=O)N2CCC(c3ncc4c(n3)CCN(C)C4)CC2)cs1. The molecular weight excluding hydrogens is 332 g/mol. The zero-order valence-corrected chi connectivity index (χ0v) is 15.7. The second-order valence-corrected chi connectivity index (χ2v) is 8.32. The van der Waals surface area contributed by atoms with E-state index in [9.17, 15) is 4.79 Å². The first-order valence-corrected chi connectivity index (χ1v) is 9.86. The largest absolute Gasteiger partial charge is 0.339 e. The Morgan fingerprint density at radius 3 is 2.80 bits per heavy atom. The van der Waals surface area contributed by atoms with Crippen LogP contribution in [0.2, 0.25) is 0 Å². The number of likely N-dealkylation sites (tertiary alicyclic amines) is 1. The van der Waals surface area contributed by atoms with Crippen LogP contribution < -0.4 is 0 Å². The highest BCUT2D eigenvalue weighted by atomic mass is 32.1. The number of fused-ring (bicyclic) bond motifs is 1. The molecule has 4 heterocycles. The van der Waals surface area contributed by atoms with Gasteiger partial charge in [0, 0.05) is 66.2 Å². The molecule has 25 heavy (non-hydrogen) atoms. The van der Waals surface area contributed by atoms with Gasteiger partial charge in [0.1, 0.15) is 5.82 Å². The first kappa shape index (κ1) is 16.7. The highest BCUT2D eigenvalue weighted by Crippen LogP contribution is 2.28. The summed E-state index contributed by atoms with van der Waals surface area (Å²) in [6, 6.07) is 1.99. The van der Waals surface area contributed by atoms with Crippen molar-refractivity contribution >= 4 is 17.2 Å². The zero-order chi connectivity index (χ0) is 17.4. The minimum absolute atomic E-state index is 0.164. The third kappa shape index (κ3) is 3.46. The van der Waals surface area contributed by atoms with Crippen molar-refractivity contribution in [2.75, 3.05) is 26.7 Å². The molecule has 0 bridgehead atoms. The molecule has 2 aliphatic heterocycles. The minimum atomic E-state index is 0.164. The molecule has 2 aromatic rings. The number of piperidine rings is 1. The Morgan fingerprint density at radius 2 is 2.08 bits per heavy atom. The maximum atomic E-state index is 12.6. The van der Waals surface area contributed by atoms with Crippen LogP contribution in [0.5, 0.6) is 0 Å². The van der Waals surface area contributed by atoms with Gasteiger partial charge in [-0.1, -0.05) is 0 Å². The molecule has 0 atom stereocenters. The van der Waals surface area contributed by atoms with E-state index in [4.69, 9.17) is 4.98 Å². The summed E-state index contributed by atoms with van der Waals surface area (Å²) in [5.74, 6) is 1.51. The maximum Gasteiger partial charge on any atom is 0.254 e. The number of carbonyl (C=O) groups is 1. The number of hydrogen-bond donors (Lipinski definition) is 0. The fraction of sp³-hybridized carbons (Fsp3) is 0.526. The van der Waals surface area contributed by atoms with Crippen LogP contribution in [0.25, 0.3) is 0 Å². The second kappa shape index (κ2) is 6.84. The number of rotatable bonds is 2. The maximum absolute atomic E-state index is 12.6. The van der Waals surface area contributed by atoms with E-state index in [2.05, 4.69) is 16.9 Å². The van der Waals surface area contributed by atoms with Crippen molar-refractivity contribution in [3.05, 3.63) is 45.2 Å². The minimum Gasteiger partial charge on any atom is -0.339 e. The number of hydrogen-bond acceptors (Lipinski definition) is 5. The van der Waals surface area contributed by atoms with Crippen molar-refractivity contribution in [1.82, 2.24) is 19.8 Å². The van der Waals surface area contributed by atoms with Crippen LogP contribution in [-0.4, -0.2) is 52.4 Å². The molecule has 6 heteroatoms. The summed E-state index contributed by atoms with van der Waals surface area (Å²) in [5.41, 5.74) is 3.31.